The second-order valence-corrected chi connectivity index (χ2v) is 6.85. The predicted molar refractivity (Wildman–Crippen MR) is 108 cm³/mol. The summed E-state index contributed by atoms with van der Waals surface area (Å²) >= 11 is 5.82. The number of imide groups is 1. The monoisotopic (exact) mass is 430 g/mol. The molecule has 3 rings (SSSR count). The number of aryl methyl sites for hydroxylation is 1. The number of aromatic hydroxyl groups is 1. The molecule has 0 unspecified atom stereocenters. The zero-order chi connectivity index (χ0) is 22.0. The van der Waals surface area contributed by atoms with E-state index < -0.39 is 40.8 Å². The number of nitro groups is 1. The number of hydrogen-bond donors (Lipinski definition) is 3. The molecule has 2 aromatic carbocycles. The molecule has 30 heavy (non-hydrogen) atoms. The Bertz CT molecular complexity index is 1100. The summed E-state index contributed by atoms with van der Waals surface area (Å²) in [6.45, 7) is 1.34. The quantitative estimate of drug-likeness (QED) is 0.288. The zero-order valence-corrected chi connectivity index (χ0v) is 16.3. The minimum Gasteiger partial charge on any atom is -0.502 e. The summed E-state index contributed by atoms with van der Waals surface area (Å²) in [5.41, 5.74) is 0.449. The summed E-state index contributed by atoms with van der Waals surface area (Å²) in [6, 6.07) is 8.25. The van der Waals surface area contributed by atoms with E-state index in [0.717, 1.165) is 17.7 Å². The Morgan fingerprint density at radius 3 is 2.60 bits per heavy atom. The van der Waals surface area contributed by atoms with Crippen molar-refractivity contribution in [1.82, 2.24) is 10.2 Å². The van der Waals surface area contributed by atoms with Crippen LogP contribution in [0.4, 0.5) is 16.2 Å². The molecule has 1 fully saturated rings. The van der Waals surface area contributed by atoms with Crippen LogP contribution >= 0.6 is 11.6 Å². The third-order valence-electron chi connectivity index (χ3n) is 4.18. The molecule has 0 spiro atoms. The largest absolute Gasteiger partial charge is 0.502 e. The highest BCUT2D eigenvalue weighted by molar-refractivity contribution is 6.31. The average Bonchev–Trinajstić information content (AvgIpc) is 2.93. The van der Waals surface area contributed by atoms with Gasteiger partial charge in [0.15, 0.2) is 0 Å². The van der Waals surface area contributed by atoms with Crippen LogP contribution in [0.3, 0.4) is 0 Å². The third kappa shape index (κ3) is 4.39. The Balaban J connectivity index is 1.78. The Kier molecular flexibility index (Phi) is 5.70. The van der Waals surface area contributed by atoms with Crippen molar-refractivity contribution in [2.45, 2.75) is 6.92 Å². The SMILES string of the molecule is Cc1ccc(NC(=O)CN2C(=O)N/C(=C/c3cc(Cl)cc([N+](=O)[O-])c3O)C2=O)cc1. The first kappa shape index (κ1) is 20.8. The molecule has 1 aliphatic heterocycles. The van der Waals surface area contributed by atoms with Crippen molar-refractivity contribution in [1.29, 1.82) is 0 Å². The number of rotatable bonds is 5. The molecule has 2 aromatic rings. The second kappa shape index (κ2) is 8.21. The number of nitrogens with zero attached hydrogens (tertiary/aromatic N) is 2. The molecule has 0 radical (unpaired) electrons. The molecule has 0 saturated carbocycles. The van der Waals surface area contributed by atoms with Crippen LogP contribution in [0.1, 0.15) is 11.1 Å². The van der Waals surface area contributed by atoms with Crippen LogP contribution in [0.15, 0.2) is 42.1 Å². The minimum absolute atomic E-state index is 0.0440. The van der Waals surface area contributed by atoms with Gasteiger partial charge in [-0.3, -0.25) is 19.7 Å². The fourth-order valence-electron chi connectivity index (χ4n) is 2.71. The van der Waals surface area contributed by atoms with Gasteiger partial charge in [-0.15, -0.1) is 0 Å². The summed E-state index contributed by atoms with van der Waals surface area (Å²) in [5.74, 6) is -2.14. The van der Waals surface area contributed by atoms with Gasteiger partial charge in [-0.2, -0.15) is 0 Å². The molecule has 1 aliphatic rings. The van der Waals surface area contributed by atoms with E-state index >= 15 is 0 Å². The molecule has 154 valence electrons. The molecule has 4 amide bonds. The van der Waals surface area contributed by atoms with Crippen molar-refractivity contribution in [3.05, 3.63) is 68.4 Å². The maximum absolute atomic E-state index is 12.5. The number of carbonyl (C=O) groups is 3. The van der Waals surface area contributed by atoms with Gasteiger partial charge >= 0.3 is 11.7 Å². The molecular formula is C19H15ClN4O6. The predicted octanol–water partition coefficient (Wildman–Crippen LogP) is 2.79. The van der Waals surface area contributed by atoms with Crippen LogP contribution < -0.4 is 10.6 Å². The van der Waals surface area contributed by atoms with Crippen LogP contribution in [-0.2, 0) is 9.59 Å². The normalized spacial score (nSPS) is 14.7. The van der Waals surface area contributed by atoms with Crippen LogP contribution in [0.25, 0.3) is 6.08 Å². The van der Waals surface area contributed by atoms with Gasteiger partial charge in [0.25, 0.3) is 5.91 Å². The first-order valence-corrected chi connectivity index (χ1v) is 8.91. The van der Waals surface area contributed by atoms with E-state index in [4.69, 9.17) is 11.6 Å². The third-order valence-corrected chi connectivity index (χ3v) is 4.40. The van der Waals surface area contributed by atoms with E-state index in [9.17, 15) is 29.6 Å². The smallest absolute Gasteiger partial charge is 0.329 e. The number of phenolic OH excluding ortho intramolecular Hbond substituents is 1. The van der Waals surface area contributed by atoms with Crippen molar-refractivity contribution in [3.8, 4) is 5.75 Å². The lowest BCUT2D eigenvalue weighted by Crippen LogP contribution is -2.38. The van der Waals surface area contributed by atoms with Gasteiger partial charge in [0.05, 0.1) is 4.92 Å². The van der Waals surface area contributed by atoms with E-state index in [2.05, 4.69) is 10.6 Å². The lowest BCUT2D eigenvalue weighted by Gasteiger charge is -2.12. The molecule has 0 aliphatic carbocycles. The number of halogens is 1. The molecule has 3 N–H and O–H groups in total. The lowest BCUT2D eigenvalue weighted by molar-refractivity contribution is -0.385. The minimum atomic E-state index is -0.846. The lowest BCUT2D eigenvalue weighted by atomic mass is 10.1. The van der Waals surface area contributed by atoms with E-state index in [0.29, 0.717) is 10.6 Å². The number of urea groups is 1. The Hall–Kier alpha value is -3.92. The number of benzene rings is 2. The van der Waals surface area contributed by atoms with Crippen molar-refractivity contribution in [2.75, 3.05) is 11.9 Å². The van der Waals surface area contributed by atoms with Gasteiger partial charge in [-0.05, 0) is 31.2 Å². The van der Waals surface area contributed by atoms with E-state index in [-0.39, 0.29) is 16.3 Å². The summed E-state index contributed by atoms with van der Waals surface area (Å²) in [4.78, 5) is 47.7. The van der Waals surface area contributed by atoms with Crippen LogP contribution in [0.2, 0.25) is 5.02 Å². The maximum Gasteiger partial charge on any atom is 0.329 e. The van der Waals surface area contributed by atoms with E-state index in [1.165, 1.54) is 6.07 Å². The van der Waals surface area contributed by atoms with Gasteiger partial charge in [0.1, 0.15) is 12.2 Å². The summed E-state index contributed by atoms with van der Waals surface area (Å²) in [7, 11) is 0. The van der Waals surface area contributed by atoms with Gasteiger partial charge in [0.2, 0.25) is 11.7 Å². The van der Waals surface area contributed by atoms with Gasteiger partial charge in [-0.1, -0.05) is 29.3 Å². The molecule has 0 bridgehead atoms. The number of carbonyl (C=O) groups excluding carboxylic acids is 3. The van der Waals surface area contributed by atoms with Crippen LogP contribution in [0.5, 0.6) is 5.75 Å². The van der Waals surface area contributed by atoms with Crippen molar-refractivity contribution in [3.63, 3.8) is 0 Å². The van der Waals surface area contributed by atoms with Crippen molar-refractivity contribution < 1.29 is 24.4 Å². The first-order chi connectivity index (χ1) is 14.2. The van der Waals surface area contributed by atoms with Crippen molar-refractivity contribution >= 4 is 46.9 Å². The Morgan fingerprint density at radius 2 is 1.97 bits per heavy atom. The summed E-state index contributed by atoms with van der Waals surface area (Å²) in [6.07, 6.45) is 1.05. The molecule has 10 nitrogen and oxygen atoms in total. The average molecular weight is 431 g/mol. The molecule has 11 heteroatoms. The van der Waals surface area contributed by atoms with Crippen molar-refractivity contribution in [2.24, 2.45) is 0 Å². The van der Waals surface area contributed by atoms with Gasteiger partial charge < -0.3 is 15.7 Å². The highest BCUT2D eigenvalue weighted by Gasteiger charge is 2.35. The highest BCUT2D eigenvalue weighted by Crippen LogP contribution is 2.34. The molecule has 0 atom stereocenters. The topological polar surface area (TPSA) is 142 Å². The van der Waals surface area contributed by atoms with E-state index in [1.54, 1.807) is 24.3 Å². The fourth-order valence-corrected chi connectivity index (χ4v) is 2.93. The first-order valence-electron chi connectivity index (χ1n) is 8.53. The number of phenols is 1. The molecule has 1 saturated heterocycles. The number of nitrogens with one attached hydrogen (secondary N) is 2. The number of hydrogen-bond acceptors (Lipinski definition) is 6. The Morgan fingerprint density at radius 1 is 1.30 bits per heavy atom. The highest BCUT2D eigenvalue weighted by atomic mass is 35.5. The second-order valence-electron chi connectivity index (χ2n) is 6.41. The summed E-state index contributed by atoms with van der Waals surface area (Å²) in [5, 5.41) is 25.8. The Labute approximate surface area is 174 Å². The molecular weight excluding hydrogens is 416 g/mol. The zero-order valence-electron chi connectivity index (χ0n) is 15.5. The molecule has 0 aromatic heterocycles. The van der Waals surface area contributed by atoms with E-state index in [1.807, 2.05) is 6.92 Å². The van der Waals surface area contributed by atoms with Gasteiger partial charge in [0, 0.05) is 22.3 Å². The number of nitro benzene ring substituents is 1. The summed E-state index contributed by atoms with van der Waals surface area (Å²) < 4.78 is 0. The van der Waals surface area contributed by atoms with Gasteiger partial charge in [-0.25, -0.2) is 9.69 Å². The van der Waals surface area contributed by atoms with Crippen LogP contribution in [0, 0.1) is 17.0 Å². The number of anilines is 1. The number of amides is 4. The maximum atomic E-state index is 12.5. The standard InChI is InChI=1S/C19H15ClN4O6/c1-10-2-4-13(5-3-10)21-16(25)9-23-18(27)14(22-19(23)28)7-11-6-12(20)8-15(17(11)26)24(29)30/h2-8,26H,9H2,1H3,(H,21,25)(H,22,28)/b14-7+. The molecule has 1 heterocycles. The van der Waals surface area contributed by atoms with Crippen LogP contribution in [-0.4, -0.2) is 39.3 Å². The fraction of sp³-hybridized carbons (Fsp3) is 0.105.